The Morgan fingerprint density at radius 1 is 1.56 bits per heavy atom. The van der Waals surface area contributed by atoms with Crippen molar-refractivity contribution in [3.8, 4) is 0 Å². The van der Waals surface area contributed by atoms with Gasteiger partial charge in [-0.3, -0.25) is 4.79 Å². The summed E-state index contributed by atoms with van der Waals surface area (Å²) in [5.74, 6) is -0.650. The van der Waals surface area contributed by atoms with E-state index in [1.54, 1.807) is 6.07 Å². The maximum atomic E-state index is 13.1. The zero-order chi connectivity index (χ0) is 13.3. The summed E-state index contributed by atoms with van der Waals surface area (Å²) in [6, 6.07) is 4.30. The molecule has 0 aliphatic heterocycles. The van der Waals surface area contributed by atoms with Crippen LogP contribution in [0.2, 0.25) is 0 Å². The summed E-state index contributed by atoms with van der Waals surface area (Å²) >= 11 is 4.40. The third-order valence-corrected chi connectivity index (χ3v) is 3.80. The second-order valence-electron chi connectivity index (χ2n) is 3.69. The van der Waals surface area contributed by atoms with Crippen LogP contribution in [0.5, 0.6) is 0 Å². The quantitative estimate of drug-likeness (QED) is 0.908. The predicted octanol–water partition coefficient (Wildman–Crippen LogP) is 3.26. The number of hydrogen-bond acceptors (Lipinski definition) is 3. The first-order chi connectivity index (χ1) is 8.49. The lowest BCUT2D eigenvalue weighted by Crippen LogP contribution is -2.24. The molecule has 3 nitrogen and oxygen atoms in total. The summed E-state index contributed by atoms with van der Waals surface area (Å²) in [6.45, 7) is 3.94. The highest BCUT2D eigenvalue weighted by molar-refractivity contribution is 9.11. The number of nitrogens with one attached hydrogen (secondary N) is 1. The van der Waals surface area contributed by atoms with Crippen molar-refractivity contribution >= 4 is 48.9 Å². The van der Waals surface area contributed by atoms with E-state index in [-0.39, 0.29) is 11.7 Å². The number of carbonyl (C=O) groups is 1. The zero-order valence-corrected chi connectivity index (χ0v) is 11.7. The number of nitrogens with two attached hydrogens (primary N) is 1. The predicted molar refractivity (Wildman–Crippen MR) is 76.6 cm³/mol. The number of halogens is 2. The molecular formula is C12H10BrFN2OS. The van der Waals surface area contributed by atoms with Crippen molar-refractivity contribution in [2.75, 3.05) is 12.3 Å². The molecule has 0 unspecified atom stereocenters. The SMILES string of the molecule is C=C(Br)CNC(=O)c1sc2ccc(F)cc2c1N. The van der Waals surface area contributed by atoms with Crippen LogP contribution in [0.4, 0.5) is 10.1 Å². The monoisotopic (exact) mass is 328 g/mol. The van der Waals surface area contributed by atoms with Gasteiger partial charge in [0.25, 0.3) is 5.91 Å². The van der Waals surface area contributed by atoms with Crippen molar-refractivity contribution in [2.24, 2.45) is 0 Å². The van der Waals surface area contributed by atoms with Gasteiger partial charge in [-0.15, -0.1) is 11.3 Å². The molecule has 2 rings (SSSR count). The Morgan fingerprint density at radius 2 is 2.28 bits per heavy atom. The second kappa shape index (κ2) is 5.07. The molecule has 6 heteroatoms. The van der Waals surface area contributed by atoms with Crippen LogP contribution in [0.3, 0.4) is 0 Å². The maximum absolute atomic E-state index is 13.1. The van der Waals surface area contributed by atoms with Crippen LogP contribution in [-0.2, 0) is 0 Å². The van der Waals surface area contributed by atoms with Crippen molar-refractivity contribution in [1.29, 1.82) is 0 Å². The molecule has 0 saturated carbocycles. The molecule has 0 aliphatic rings. The summed E-state index contributed by atoms with van der Waals surface area (Å²) in [4.78, 5) is 12.3. The third kappa shape index (κ3) is 2.54. The van der Waals surface area contributed by atoms with E-state index in [4.69, 9.17) is 5.73 Å². The van der Waals surface area contributed by atoms with Crippen LogP contribution in [0.25, 0.3) is 10.1 Å². The van der Waals surface area contributed by atoms with Gasteiger partial charge in [0.1, 0.15) is 10.7 Å². The number of anilines is 1. The lowest BCUT2D eigenvalue weighted by molar-refractivity contribution is 0.0962. The van der Waals surface area contributed by atoms with E-state index in [2.05, 4.69) is 27.8 Å². The Bertz CT molecular complexity index is 638. The minimum atomic E-state index is -0.368. The van der Waals surface area contributed by atoms with E-state index in [9.17, 15) is 9.18 Å². The highest BCUT2D eigenvalue weighted by Gasteiger charge is 2.16. The van der Waals surface area contributed by atoms with Gasteiger partial charge in [-0.25, -0.2) is 4.39 Å². The van der Waals surface area contributed by atoms with Gasteiger partial charge in [0.05, 0.1) is 5.69 Å². The molecule has 0 bridgehead atoms. The van der Waals surface area contributed by atoms with Crippen LogP contribution < -0.4 is 11.1 Å². The van der Waals surface area contributed by atoms with Gasteiger partial charge in [-0.1, -0.05) is 22.5 Å². The van der Waals surface area contributed by atoms with Gasteiger partial charge < -0.3 is 11.1 Å². The number of amides is 1. The number of hydrogen-bond donors (Lipinski definition) is 2. The molecule has 1 amide bonds. The maximum Gasteiger partial charge on any atom is 0.263 e. The van der Waals surface area contributed by atoms with Crippen molar-refractivity contribution in [3.05, 3.63) is 40.0 Å². The van der Waals surface area contributed by atoms with Gasteiger partial charge >= 0.3 is 0 Å². The second-order valence-corrected chi connectivity index (χ2v) is 5.86. The lowest BCUT2D eigenvalue weighted by Gasteiger charge is -2.02. The van der Waals surface area contributed by atoms with E-state index >= 15 is 0 Å². The first-order valence-electron chi connectivity index (χ1n) is 5.08. The number of rotatable bonds is 3. The number of carbonyl (C=O) groups excluding carboxylic acids is 1. The van der Waals surface area contributed by atoms with Crippen LogP contribution in [0.1, 0.15) is 9.67 Å². The summed E-state index contributed by atoms with van der Waals surface area (Å²) in [6.07, 6.45) is 0. The number of nitrogen functional groups attached to an aromatic ring is 1. The molecule has 2 aromatic rings. The first kappa shape index (κ1) is 13.0. The summed E-state index contributed by atoms with van der Waals surface area (Å²) in [7, 11) is 0. The molecule has 0 radical (unpaired) electrons. The average molecular weight is 329 g/mol. The minimum absolute atomic E-state index is 0.283. The highest BCUT2D eigenvalue weighted by atomic mass is 79.9. The van der Waals surface area contributed by atoms with Gasteiger partial charge in [0.15, 0.2) is 0 Å². The fraction of sp³-hybridized carbons (Fsp3) is 0.0833. The van der Waals surface area contributed by atoms with Gasteiger partial charge in [0.2, 0.25) is 0 Å². The van der Waals surface area contributed by atoms with Crippen molar-refractivity contribution in [3.63, 3.8) is 0 Å². The largest absolute Gasteiger partial charge is 0.397 e. The van der Waals surface area contributed by atoms with E-state index in [1.807, 2.05) is 0 Å². The molecular weight excluding hydrogens is 319 g/mol. The number of fused-ring (bicyclic) bond motifs is 1. The van der Waals surface area contributed by atoms with Crippen molar-refractivity contribution in [2.45, 2.75) is 0 Å². The van der Waals surface area contributed by atoms with E-state index < -0.39 is 0 Å². The Kier molecular flexibility index (Phi) is 3.68. The first-order valence-corrected chi connectivity index (χ1v) is 6.69. The molecule has 0 spiro atoms. The van der Waals surface area contributed by atoms with E-state index in [0.29, 0.717) is 27.0 Å². The fourth-order valence-corrected chi connectivity index (χ4v) is 2.67. The molecule has 18 heavy (non-hydrogen) atoms. The molecule has 1 aromatic heterocycles. The van der Waals surface area contributed by atoms with Crippen molar-refractivity contribution in [1.82, 2.24) is 5.32 Å². The number of benzene rings is 1. The molecule has 1 heterocycles. The minimum Gasteiger partial charge on any atom is -0.397 e. The van der Waals surface area contributed by atoms with Gasteiger partial charge in [-0.2, -0.15) is 0 Å². The Labute approximate surface area is 116 Å². The zero-order valence-electron chi connectivity index (χ0n) is 9.30. The van der Waals surface area contributed by atoms with Gasteiger partial charge in [-0.05, 0) is 18.2 Å². The summed E-state index contributed by atoms with van der Waals surface area (Å²) in [5, 5.41) is 3.24. The molecule has 1 aromatic carbocycles. The Morgan fingerprint density at radius 3 is 2.94 bits per heavy atom. The van der Waals surface area contributed by atoms with Crippen LogP contribution >= 0.6 is 27.3 Å². The molecule has 0 fully saturated rings. The average Bonchev–Trinajstić information content (AvgIpc) is 2.64. The fourth-order valence-electron chi connectivity index (χ4n) is 1.51. The van der Waals surface area contributed by atoms with Crippen molar-refractivity contribution < 1.29 is 9.18 Å². The molecule has 0 atom stereocenters. The van der Waals surface area contributed by atoms with Gasteiger partial charge in [0, 0.05) is 21.1 Å². The molecule has 3 N–H and O–H groups in total. The van der Waals surface area contributed by atoms with Crippen LogP contribution in [-0.4, -0.2) is 12.5 Å². The topological polar surface area (TPSA) is 55.1 Å². The Hall–Kier alpha value is -1.40. The summed E-state index contributed by atoms with van der Waals surface area (Å²) < 4.78 is 14.6. The lowest BCUT2D eigenvalue weighted by atomic mass is 10.2. The molecule has 94 valence electrons. The van der Waals surface area contributed by atoms with Crippen LogP contribution in [0, 0.1) is 5.82 Å². The number of thiophene rings is 1. The van der Waals surface area contributed by atoms with E-state index in [1.165, 1.54) is 23.5 Å². The Balaban J connectivity index is 2.36. The molecule has 0 saturated heterocycles. The highest BCUT2D eigenvalue weighted by Crippen LogP contribution is 2.33. The summed E-state index contributed by atoms with van der Waals surface area (Å²) in [5.41, 5.74) is 6.18. The third-order valence-electron chi connectivity index (χ3n) is 2.34. The standard InChI is InChI=1S/C12H10BrFN2OS/c1-6(13)5-16-12(17)11-10(15)8-4-7(14)2-3-9(8)18-11/h2-4H,1,5,15H2,(H,16,17). The smallest absolute Gasteiger partial charge is 0.263 e. The normalized spacial score (nSPS) is 10.6. The molecule has 0 aliphatic carbocycles. The van der Waals surface area contributed by atoms with E-state index in [0.717, 1.165) is 4.70 Å². The van der Waals surface area contributed by atoms with Crippen LogP contribution in [0.15, 0.2) is 29.3 Å².